The number of amides is 3. The van der Waals surface area contributed by atoms with Gasteiger partial charge in [0.1, 0.15) is 5.82 Å². The lowest BCUT2D eigenvalue weighted by Gasteiger charge is -2.15. The number of carbonyl (C=O) groups excluding carboxylic acids is 2. The van der Waals surface area contributed by atoms with E-state index in [2.05, 4.69) is 10.6 Å². The van der Waals surface area contributed by atoms with Gasteiger partial charge in [0.2, 0.25) is 5.91 Å². The fraction of sp³-hybridized carbons (Fsp3) is 0.250. The number of nitrogens with one attached hydrogen (secondary N) is 2. The molecule has 3 amide bonds. The highest BCUT2D eigenvalue weighted by atomic mass is 32.1. The number of nitrogens with zero attached hydrogens (tertiary/aromatic N) is 1. The maximum Gasteiger partial charge on any atom is 0.326 e. The molecule has 5 nitrogen and oxygen atoms in total. The number of anilines is 1. The van der Waals surface area contributed by atoms with Crippen LogP contribution in [-0.2, 0) is 11.3 Å². The summed E-state index contributed by atoms with van der Waals surface area (Å²) >= 11 is 1.63. The van der Waals surface area contributed by atoms with Crippen LogP contribution in [0.4, 0.5) is 14.9 Å². The first-order chi connectivity index (χ1) is 11.0. The van der Waals surface area contributed by atoms with Crippen molar-refractivity contribution in [3.8, 4) is 0 Å². The fourth-order valence-electron chi connectivity index (χ4n) is 1.99. The molecule has 0 spiro atoms. The molecule has 0 atom stereocenters. The van der Waals surface area contributed by atoms with Gasteiger partial charge in [-0.3, -0.25) is 15.0 Å². The molecular weight excluding hydrogens is 317 g/mol. The van der Waals surface area contributed by atoms with Crippen LogP contribution in [0, 0.1) is 12.7 Å². The Hall–Kier alpha value is -2.25. The predicted octanol–water partition coefficient (Wildman–Crippen LogP) is 2.98. The molecule has 122 valence electrons. The second kappa shape index (κ2) is 7.85. The van der Waals surface area contributed by atoms with E-state index in [-0.39, 0.29) is 12.2 Å². The van der Waals surface area contributed by atoms with Crippen LogP contribution in [0.2, 0.25) is 0 Å². The van der Waals surface area contributed by atoms with Crippen molar-refractivity contribution in [1.29, 1.82) is 0 Å². The zero-order valence-electron chi connectivity index (χ0n) is 12.9. The van der Waals surface area contributed by atoms with E-state index in [1.165, 1.54) is 28.6 Å². The summed E-state index contributed by atoms with van der Waals surface area (Å²) in [6, 6.07) is 7.04. The average Bonchev–Trinajstić information content (AvgIpc) is 2.86. The van der Waals surface area contributed by atoms with E-state index in [1.807, 2.05) is 23.3 Å². The Kier molecular flexibility index (Phi) is 5.84. The number of halogens is 1. The third-order valence-corrected chi connectivity index (χ3v) is 4.18. The van der Waals surface area contributed by atoms with E-state index < -0.39 is 17.8 Å². The maximum absolute atomic E-state index is 13.4. The number of para-hydroxylation sites is 1. The molecule has 0 unspecified atom stereocenters. The van der Waals surface area contributed by atoms with Gasteiger partial charge in [-0.1, -0.05) is 12.1 Å². The molecule has 0 aliphatic rings. The first-order valence-electron chi connectivity index (χ1n) is 7.02. The number of imide groups is 1. The highest BCUT2D eigenvalue weighted by Crippen LogP contribution is 2.17. The molecule has 0 saturated heterocycles. The minimum Gasteiger partial charge on any atom is -0.305 e. The third-order valence-electron chi connectivity index (χ3n) is 3.17. The average molecular weight is 335 g/mol. The van der Waals surface area contributed by atoms with E-state index in [9.17, 15) is 14.0 Å². The van der Waals surface area contributed by atoms with E-state index in [4.69, 9.17) is 0 Å². The van der Waals surface area contributed by atoms with Crippen molar-refractivity contribution in [2.24, 2.45) is 0 Å². The molecule has 1 aromatic heterocycles. The molecule has 0 bridgehead atoms. The summed E-state index contributed by atoms with van der Waals surface area (Å²) < 4.78 is 13.4. The SMILES string of the molecule is Cc1ccsc1CN(C)CC(=O)NC(=O)Nc1ccccc1F. The van der Waals surface area contributed by atoms with Crippen LogP contribution in [0.5, 0.6) is 0 Å². The van der Waals surface area contributed by atoms with Crippen molar-refractivity contribution < 1.29 is 14.0 Å². The molecule has 0 aliphatic heterocycles. The van der Waals surface area contributed by atoms with Crippen LogP contribution in [0.3, 0.4) is 0 Å². The van der Waals surface area contributed by atoms with Gasteiger partial charge >= 0.3 is 6.03 Å². The number of likely N-dealkylation sites (N-methyl/N-ethyl adjacent to an activating group) is 1. The van der Waals surface area contributed by atoms with E-state index in [1.54, 1.807) is 24.5 Å². The first kappa shape index (κ1) is 17.1. The molecule has 0 aliphatic carbocycles. The molecule has 2 rings (SSSR count). The molecule has 0 radical (unpaired) electrons. The minimum atomic E-state index is -0.749. The van der Waals surface area contributed by atoms with Gasteiger partial charge in [-0.2, -0.15) is 0 Å². The van der Waals surface area contributed by atoms with Crippen molar-refractivity contribution in [3.05, 3.63) is 52.0 Å². The summed E-state index contributed by atoms with van der Waals surface area (Å²) in [5, 5.41) is 6.49. The number of thiophene rings is 1. The van der Waals surface area contributed by atoms with Crippen molar-refractivity contribution in [2.75, 3.05) is 18.9 Å². The fourth-order valence-corrected chi connectivity index (χ4v) is 2.98. The zero-order chi connectivity index (χ0) is 16.8. The van der Waals surface area contributed by atoms with Gasteiger partial charge in [-0.25, -0.2) is 9.18 Å². The molecule has 2 aromatic rings. The van der Waals surface area contributed by atoms with Gasteiger partial charge in [0.05, 0.1) is 12.2 Å². The number of rotatable bonds is 5. The number of carbonyl (C=O) groups is 2. The number of urea groups is 1. The summed E-state index contributed by atoms with van der Waals surface area (Å²) in [4.78, 5) is 26.5. The van der Waals surface area contributed by atoms with Crippen LogP contribution in [-0.4, -0.2) is 30.4 Å². The summed E-state index contributed by atoms with van der Waals surface area (Å²) in [7, 11) is 1.80. The summed E-state index contributed by atoms with van der Waals surface area (Å²) in [5.41, 5.74) is 1.21. The van der Waals surface area contributed by atoms with Gasteiger partial charge in [-0.05, 0) is 43.1 Å². The molecule has 23 heavy (non-hydrogen) atoms. The van der Waals surface area contributed by atoms with E-state index in [0.29, 0.717) is 6.54 Å². The normalized spacial score (nSPS) is 10.6. The Morgan fingerprint density at radius 2 is 2.00 bits per heavy atom. The summed E-state index contributed by atoms with van der Waals surface area (Å²) in [5.74, 6) is -1.00. The largest absolute Gasteiger partial charge is 0.326 e. The van der Waals surface area contributed by atoms with Crippen molar-refractivity contribution in [3.63, 3.8) is 0 Å². The first-order valence-corrected chi connectivity index (χ1v) is 7.90. The molecule has 7 heteroatoms. The Morgan fingerprint density at radius 3 is 2.65 bits per heavy atom. The van der Waals surface area contributed by atoms with Crippen molar-refractivity contribution in [1.82, 2.24) is 10.2 Å². The summed E-state index contributed by atoms with van der Waals surface area (Å²) in [6.07, 6.45) is 0. The number of aryl methyl sites for hydroxylation is 1. The molecule has 1 aromatic carbocycles. The molecule has 0 saturated carbocycles. The smallest absolute Gasteiger partial charge is 0.305 e. The Labute approximate surface area is 138 Å². The number of hydrogen-bond acceptors (Lipinski definition) is 4. The predicted molar refractivity (Wildman–Crippen MR) is 89.0 cm³/mol. The third kappa shape index (κ3) is 5.15. The standard InChI is InChI=1S/C16H18FN3O2S/c1-11-7-8-23-14(11)9-20(2)10-15(21)19-16(22)18-13-6-4-3-5-12(13)17/h3-8H,9-10H2,1-2H3,(H2,18,19,21,22). The second-order valence-electron chi connectivity index (χ2n) is 5.18. The number of benzene rings is 1. The highest BCUT2D eigenvalue weighted by molar-refractivity contribution is 7.10. The van der Waals surface area contributed by atoms with Gasteiger partial charge < -0.3 is 5.32 Å². The topological polar surface area (TPSA) is 61.4 Å². The van der Waals surface area contributed by atoms with Crippen LogP contribution in [0.1, 0.15) is 10.4 Å². The van der Waals surface area contributed by atoms with Crippen molar-refractivity contribution in [2.45, 2.75) is 13.5 Å². The van der Waals surface area contributed by atoms with Gasteiger partial charge in [0, 0.05) is 11.4 Å². The monoisotopic (exact) mass is 335 g/mol. The van der Waals surface area contributed by atoms with Crippen LogP contribution in [0.25, 0.3) is 0 Å². The Morgan fingerprint density at radius 1 is 1.26 bits per heavy atom. The lowest BCUT2D eigenvalue weighted by atomic mass is 10.3. The second-order valence-corrected chi connectivity index (χ2v) is 6.18. The zero-order valence-corrected chi connectivity index (χ0v) is 13.7. The Balaban J connectivity index is 1.81. The van der Waals surface area contributed by atoms with Gasteiger partial charge in [-0.15, -0.1) is 11.3 Å². The van der Waals surface area contributed by atoms with Crippen LogP contribution >= 0.6 is 11.3 Å². The maximum atomic E-state index is 13.4. The summed E-state index contributed by atoms with van der Waals surface area (Å²) in [6.45, 7) is 2.72. The lowest BCUT2D eigenvalue weighted by molar-refractivity contribution is -0.120. The van der Waals surface area contributed by atoms with Crippen LogP contribution < -0.4 is 10.6 Å². The minimum absolute atomic E-state index is 0.0281. The van der Waals surface area contributed by atoms with Crippen LogP contribution in [0.15, 0.2) is 35.7 Å². The van der Waals surface area contributed by atoms with E-state index in [0.717, 1.165) is 0 Å². The van der Waals surface area contributed by atoms with Gasteiger partial charge in [0.25, 0.3) is 0 Å². The molecule has 1 heterocycles. The molecule has 2 N–H and O–H groups in total. The highest BCUT2D eigenvalue weighted by Gasteiger charge is 2.13. The lowest BCUT2D eigenvalue weighted by Crippen LogP contribution is -2.40. The molecular formula is C16H18FN3O2S. The molecule has 0 fully saturated rings. The van der Waals surface area contributed by atoms with Crippen molar-refractivity contribution >= 4 is 29.0 Å². The number of hydrogen-bond donors (Lipinski definition) is 2. The quantitative estimate of drug-likeness (QED) is 0.883. The van der Waals surface area contributed by atoms with E-state index >= 15 is 0 Å². The van der Waals surface area contributed by atoms with Gasteiger partial charge in [0.15, 0.2) is 0 Å². The Bertz CT molecular complexity index is 702.